The summed E-state index contributed by atoms with van der Waals surface area (Å²) in [7, 11) is 0. The van der Waals surface area contributed by atoms with Gasteiger partial charge in [0.05, 0.1) is 30.0 Å². The number of benzene rings is 1. The number of pyridine rings is 1. The van der Waals surface area contributed by atoms with E-state index in [-0.39, 0.29) is 11.3 Å². The van der Waals surface area contributed by atoms with Crippen molar-refractivity contribution in [3.05, 3.63) is 76.8 Å². The van der Waals surface area contributed by atoms with Crippen molar-refractivity contribution in [1.82, 2.24) is 20.1 Å². The zero-order chi connectivity index (χ0) is 19.4. The highest BCUT2D eigenvalue weighted by molar-refractivity contribution is 6.30. The molecule has 2 heterocycles. The third kappa shape index (κ3) is 4.95. The summed E-state index contributed by atoms with van der Waals surface area (Å²) in [6.07, 6.45) is 3.69. The molecule has 3 aromatic rings. The number of carbonyl (C=O) groups is 1. The van der Waals surface area contributed by atoms with Gasteiger partial charge >= 0.3 is 0 Å². The lowest BCUT2D eigenvalue weighted by Gasteiger charge is -2.14. The minimum Gasteiger partial charge on any atom is -0.350 e. The Bertz CT molecular complexity index is 929. The molecule has 1 amide bonds. The van der Waals surface area contributed by atoms with Crippen molar-refractivity contribution in [2.75, 3.05) is 0 Å². The van der Waals surface area contributed by atoms with Crippen LogP contribution in [-0.2, 0) is 23.2 Å². The van der Waals surface area contributed by atoms with E-state index in [2.05, 4.69) is 31.1 Å². The maximum absolute atomic E-state index is 12.3. The van der Waals surface area contributed by atoms with Crippen LogP contribution in [0.4, 0.5) is 0 Å². The van der Waals surface area contributed by atoms with Crippen LogP contribution >= 0.6 is 11.6 Å². The second-order valence-corrected chi connectivity index (χ2v) is 7.91. The number of nitrogens with zero attached hydrogens (tertiary/aromatic N) is 3. The van der Waals surface area contributed by atoms with Crippen molar-refractivity contribution in [2.45, 2.75) is 39.2 Å². The Morgan fingerprint density at radius 1 is 1.15 bits per heavy atom. The summed E-state index contributed by atoms with van der Waals surface area (Å²) in [6, 6.07) is 13.3. The number of hydrogen-bond donors (Lipinski definition) is 1. The van der Waals surface area contributed by atoms with E-state index in [4.69, 9.17) is 16.7 Å². The van der Waals surface area contributed by atoms with E-state index in [9.17, 15) is 4.79 Å². The molecule has 140 valence electrons. The first-order valence-corrected chi connectivity index (χ1v) is 9.22. The predicted octanol–water partition coefficient (Wildman–Crippen LogP) is 4.08. The molecule has 0 aliphatic heterocycles. The van der Waals surface area contributed by atoms with Gasteiger partial charge in [0.2, 0.25) is 5.91 Å². The first-order valence-electron chi connectivity index (χ1n) is 8.84. The molecule has 1 N–H and O–H groups in total. The summed E-state index contributed by atoms with van der Waals surface area (Å²) in [5.74, 6) is -0.0441. The molecule has 0 bridgehead atoms. The lowest BCUT2D eigenvalue weighted by atomic mass is 9.92. The lowest BCUT2D eigenvalue weighted by molar-refractivity contribution is -0.120. The van der Waals surface area contributed by atoms with Crippen LogP contribution < -0.4 is 5.32 Å². The molecule has 0 radical (unpaired) electrons. The van der Waals surface area contributed by atoms with E-state index in [1.807, 2.05) is 47.1 Å². The summed E-state index contributed by atoms with van der Waals surface area (Å²) in [6.45, 7) is 6.73. The van der Waals surface area contributed by atoms with E-state index < -0.39 is 0 Å². The molecular formula is C21H23ClN4O. The Morgan fingerprint density at radius 2 is 1.89 bits per heavy atom. The second kappa shape index (κ2) is 7.92. The van der Waals surface area contributed by atoms with Crippen LogP contribution in [0.25, 0.3) is 5.69 Å². The van der Waals surface area contributed by atoms with Gasteiger partial charge in [0.25, 0.3) is 0 Å². The molecule has 0 spiro atoms. The van der Waals surface area contributed by atoms with Crippen molar-refractivity contribution in [3.8, 4) is 5.69 Å². The smallest absolute Gasteiger partial charge is 0.224 e. The summed E-state index contributed by atoms with van der Waals surface area (Å²) in [5.41, 5.74) is 3.57. The van der Waals surface area contributed by atoms with E-state index in [0.717, 1.165) is 22.6 Å². The first-order chi connectivity index (χ1) is 12.8. The molecule has 0 saturated heterocycles. The summed E-state index contributed by atoms with van der Waals surface area (Å²) in [5, 5.41) is 8.38. The van der Waals surface area contributed by atoms with Crippen LogP contribution in [0.3, 0.4) is 0 Å². The van der Waals surface area contributed by atoms with Gasteiger partial charge in [-0.2, -0.15) is 5.10 Å². The Kier molecular flexibility index (Phi) is 5.61. The molecule has 0 atom stereocenters. The van der Waals surface area contributed by atoms with E-state index in [1.165, 1.54) is 0 Å². The highest BCUT2D eigenvalue weighted by Gasteiger charge is 2.21. The maximum Gasteiger partial charge on any atom is 0.224 e. The summed E-state index contributed by atoms with van der Waals surface area (Å²) >= 11 is 6.15. The van der Waals surface area contributed by atoms with E-state index in [1.54, 1.807) is 12.4 Å². The number of carbonyl (C=O) groups excluding carboxylic acids is 1. The van der Waals surface area contributed by atoms with Crippen molar-refractivity contribution in [2.24, 2.45) is 0 Å². The third-order valence-electron chi connectivity index (χ3n) is 4.19. The lowest BCUT2D eigenvalue weighted by Crippen LogP contribution is -2.25. The van der Waals surface area contributed by atoms with Gasteiger partial charge < -0.3 is 5.32 Å². The van der Waals surface area contributed by atoms with Gasteiger partial charge in [-0.3, -0.25) is 9.78 Å². The van der Waals surface area contributed by atoms with Crippen molar-refractivity contribution in [1.29, 1.82) is 0 Å². The first kappa shape index (κ1) is 19.1. The minimum absolute atomic E-state index is 0.0441. The average molecular weight is 383 g/mol. The zero-order valence-corrected chi connectivity index (χ0v) is 16.5. The number of nitrogens with one attached hydrogen (secondary N) is 1. The van der Waals surface area contributed by atoms with Gasteiger partial charge in [0, 0.05) is 22.8 Å². The van der Waals surface area contributed by atoms with Crippen molar-refractivity contribution in [3.63, 3.8) is 0 Å². The van der Waals surface area contributed by atoms with Gasteiger partial charge in [0.1, 0.15) is 0 Å². The molecular weight excluding hydrogens is 360 g/mol. The quantitative estimate of drug-likeness (QED) is 0.723. The molecule has 6 heteroatoms. The number of aromatic nitrogens is 3. The maximum atomic E-state index is 12.3. The van der Waals surface area contributed by atoms with E-state index in [0.29, 0.717) is 18.0 Å². The highest BCUT2D eigenvalue weighted by atomic mass is 35.5. The van der Waals surface area contributed by atoms with E-state index >= 15 is 0 Å². The molecule has 0 fully saturated rings. The second-order valence-electron chi connectivity index (χ2n) is 7.47. The predicted molar refractivity (Wildman–Crippen MR) is 107 cm³/mol. The van der Waals surface area contributed by atoms with Crippen LogP contribution in [0.15, 0.2) is 54.9 Å². The van der Waals surface area contributed by atoms with Gasteiger partial charge in [-0.1, -0.05) is 38.4 Å². The van der Waals surface area contributed by atoms with Crippen molar-refractivity contribution >= 4 is 17.5 Å². The average Bonchev–Trinajstić information content (AvgIpc) is 3.05. The summed E-state index contributed by atoms with van der Waals surface area (Å²) in [4.78, 5) is 16.3. The van der Waals surface area contributed by atoms with Gasteiger partial charge in [-0.05, 0) is 42.0 Å². The van der Waals surface area contributed by atoms with Crippen LogP contribution in [0, 0.1) is 0 Å². The van der Waals surface area contributed by atoms with Gasteiger partial charge in [-0.25, -0.2) is 4.68 Å². The fourth-order valence-corrected chi connectivity index (χ4v) is 2.87. The van der Waals surface area contributed by atoms with Crippen molar-refractivity contribution < 1.29 is 4.79 Å². The molecule has 0 aliphatic carbocycles. The molecule has 1 aromatic carbocycles. The largest absolute Gasteiger partial charge is 0.350 e. The monoisotopic (exact) mass is 382 g/mol. The highest BCUT2D eigenvalue weighted by Crippen LogP contribution is 2.24. The topological polar surface area (TPSA) is 59.8 Å². The third-order valence-corrected chi connectivity index (χ3v) is 4.42. The minimum atomic E-state index is -0.0976. The Balaban J connectivity index is 1.81. The van der Waals surface area contributed by atoms with Gasteiger partial charge in [0.15, 0.2) is 0 Å². The van der Waals surface area contributed by atoms with Crippen LogP contribution in [0.1, 0.15) is 37.7 Å². The summed E-state index contributed by atoms with van der Waals surface area (Å²) < 4.78 is 1.85. The normalized spacial score (nSPS) is 11.4. The molecule has 0 saturated carbocycles. The number of halogens is 1. The van der Waals surface area contributed by atoms with Crippen LogP contribution in [-0.4, -0.2) is 20.7 Å². The number of rotatable bonds is 5. The molecule has 5 nitrogen and oxygen atoms in total. The zero-order valence-electron chi connectivity index (χ0n) is 15.7. The molecule has 27 heavy (non-hydrogen) atoms. The molecule has 0 unspecified atom stereocenters. The Morgan fingerprint density at radius 3 is 2.56 bits per heavy atom. The molecule has 2 aromatic heterocycles. The van der Waals surface area contributed by atoms with Crippen LogP contribution in [0.5, 0.6) is 0 Å². The fourth-order valence-electron chi connectivity index (χ4n) is 2.68. The number of hydrogen-bond acceptors (Lipinski definition) is 3. The number of amides is 1. The Labute approximate surface area is 164 Å². The SMILES string of the molecule is CC(C)(C)c1cc(CNC(=O)Cc2ccncc2)n(-c2cccc(Cl)c2)n1. The molecule has 0 aliphatic rings. The Hall–Kier alpha value is -2.66. The molecule has 3 rings (SSSR count). The standard InChI is InChI=1S/C21H23ClN4O/c1-21(2,3)19-13-18(26(25-19)17-6-4-5-16(22)12-17)14-24-20(27)11-15-7-9-23-10-8-15/h4-10,12-13H,11,14H2,1-3H3,(H,24,27). The van der Waals surface area contributed by atoms with Gasteiger partial charge in [-0.15, -0.1) is 0 Å². The van der Waals surface area contributed by atoms with Crippen LogP contribution in [0.2, 0.25) is 5.02 Å². The fraction of sp³-hybridized carbons (Fsp3) is 0.286.